The fraction of sp³-hybridized carbons (Fsp3) is 0.360. The topological polar surface area (TPSA) is 30.9 Å². The van der Waals surface area contributed by atoms with E-state index in [0.717, 1.165) is 35.9 Å². The maximum absolute atomic E-state index is 5.87. The van der Waals surface area contributed by atoms with E-state index in [-0.39, 0.29) is 6.04 Å². The number of rotatable bonds is 11. The van der Waals surface area contributed by atoms with Gasteiger partial charge in [0.1, 0.15) is 17.3 Å². The van der Waals surface area contributed by atoms with E-state index in [2.05, 4.69) is 43.0 Å². The number of methoxy groups -OCH3 is 2. The number of ether oxygens (including phenoxy) is 3. The predicted octanol–water partition coefficient (Wildman–Crippen LogP) is 5.72. The van der Waals surface area contributed by atoms with Crippen LogP contribution in [0.5, 0.6) is 11.5 Å². The smallest absolute Gasteiger partial charge is 0.126 e. The highest BCUT2D eigenvalue weighted by Gasteiger charge is 2.14. The van der Waals surface area contributed by atoms with Crippen molar-refractivity contribution in [3.8, 4) is 11.5 Å². The number of hydrogen-bond donors (Lipinski definition) is 0. The van der Waals surface area contributed by atoms with Crippen molar-refractivity contribution in [3.05, 3.63) is 77.9 Å². The molecule has 4 nitrogen and oxygen atoms in total. The second-order valence-corrected chi connectivity index (χ2v) is 6.52. The third kappa shape index (κ3) is 6.40. The third-order valence-electron chi connectivity index (χ3n) is 4.88. The van der Waals surface area contributed by atoms with Crippen LogP contribution in [0.1, 0.15) is 37.9 Å². The summed E-state index contributed by atoms with van der Waals surface area (Å²) in [4.78, 5) is 2.42. The summed E-state index contributed by atoms with van der Waals surface area (Å²) in [6.45, 7) is 8.93. The summed E-state index contributed by atoms with van der Waals surface area (Å²) in [6, 6.07) is 16.4. The Kier molecular flexibility index (Phi) is 9.32. The summed E-state index contributed by atoms with van der Waals surface area (Å²) in [7, 11) is 3.36. The van der Waals surface area contributed by atoms with Gasteiger partial charge in [0.2, 0.25) is 0 Å². The van der Waals surface area contributed by atoms with E-state index in [1.165, 1.54) is 5.56 Å². The first-order chi connectivity index (χ1) is 14.2. The van der Waals surface area contributed by atoms with Crippen molar-refractivity contribution in [1.29, 1.82) is 0 Å². The molecule has 1 atom stereocenters. The van der Waals surface area contributed by atoms with Crippen LogP contribution in [-0.4, -0.2) is 38.8 Å². The maximum Gasteiger partial charge on any atom is 0.126 e. The Morgan fingerprint density at radius 1 is 0.862 bits per heavy atom. The van der Waals surface area contributed by atoms with Crippen molar-refractivity contribution in [3.63, 3.8) is 0 Å². The van der Waals surface area contributed by atoms with Gasteiger partial charge in [-0.15, -0.1) is 0 Å². The lowest BCUT2D eigenvalue weighted by Crippen LogP contribution is -2.27. The fourth-order valence-corrected chi connectivity index (χ4v) is 3.25. The Bertz CT molecular complexity index is 775. The molecule has 156 valence electrons. The van der Waals surface area contributed by atoms with E-state index in [1.54, 1.807) is 14.2 Å². The van der Waals surface area contributed by atoms with Crippen molar-refractivity contribution >= 4 is 5.76 Å². The molecule has 0 amide bonds. The summed E-state index contributed by atoms with van der Waals surface area (Å²) < 4.78 is 16.4. The molecule has 0 fully saturated rings. The quantitative estimate of drug-likeness (QED) is 0.360. The van der Waals surface area contributed by atoms with Crippen LogP contribution in [0.4, 0.5) is 0 Å². The average Bonchev–Trinajstić information content (AvgIpc) is 2.78. The van der Waals surface area contributed by atoms with E-state index >= 15 is 0 Å². The molecule has 0 saturated carbocycles. The highest BCUT2D eigenvalue weighted by atomic mass is 16.5. The van der Waals surface area contributed by atoms with Crippen LogP contribution >= 0.6 is 0 Å². The van der Waals surface area contributed by atoms with Crippen LogP contribution in [0.3, 0.4) is 0 Å². The van der Waals surface area contributed by atoms with Gasteiger partial charge in [0.05, 0.1) is 26.9 Å². The van der Waals surface area contributed by atoms with Gasteiger partial charge in [0.25, 0.3) is 0 Å². The van der Waals surface area contributed by atoms with Gasteiger partial charge in [0.15, 0.2) is 0 Å². The van der Waals surface area contributed by atoms with Crippen LogP contribution < -0.4 is 9.47 Å². The van der Waals surface area contributed by atoms with Crippen molar-refractivity contribution in [1.82, 2.24) is 4.90 Å². The minimum Gasteiger partial charge on any atom is -0.497 e. The minimum atomic E-state index is 0.186. The van der Waals surface area contributed by atoms with Crippen LogP contribution in [0, 0.1) is 0 Å². The molecule has 2 aromatic rings. The molecule has 0 heterocycles. The molecule has 0 bridgehead atoms. The van der Waals surface area contributed by atoms with Crippen molar-refractivity contribution < 1.29 is 14.2 Å². The molecule has 0 saturated heterocycles. The molecule has 0 aliphatic carbocycles. The first-order valence-corrected chi connectivity index (χ1v) is 10.2. The Morgan fingerprint density at radius 2 is 1.41 bits per heavy atom. The minimum absolute atomic E-state index is 0.186. The first-order valence-electron chi connectivity index (χ1n) is 10.2. The fourth-order valence-electron chi connectivity index (χ4n) is 3.25. The molecule has 0 aliphatic rings. The molecule has 1 unspecified atom stereocenters. The van der Waals surface area contributed by atoms with Crippen molar-refractivity contribution in [2.24, 2.45) is 0 Å². The van der Waals surface area contributed by atoms with E-state index < -0.39 is 0 Å². The van der Waals surface area contributed by atoms with Crippen LogP contribution in [0.2, 0.25) is 0 Å². The Balaban J connectivity index is 2.29. The number of benzene rings is 2. The Labute approximate surface area is 175 Å². The van der Waals surface area contributed by atoms with Gasteiger partial charge in [-0.05, 0) is 68.1 Å². The molecular weight excluding hydrogens is 362 g/mol. The Morgan fingerprint density at radius 3 is 1.90 bits per heavy atom. The summed E-state index contributed by atoms with van der Waals surface area (Å²) in [5, 5.41) is 0. The molecule has 0 N–H and O–H groups in total. The second-order valence-electron chi connectivity index (χ2n) is 6.52. The number of nitrogens with zero attached hydrogens (tertiary/aromatic N) is 1. The third-order valence-corrected chi connectivity index (χ3v) is 4.88. The molecule has 0 radical (unpaired) electrons. The van der Waals surface area contributed by atoms with E-state index in [9.17, 15) is 0 Å². The molecule has 29 heavy (non-hydrogen) atoms. The van der Waals surface area contributed by atoms with Gasteiger partial charge in [-0.1, -0.05) is 38.1 Å². The lowest BCUT2D eigenvalue weighted by molar-refractivity contribution is 0.257. The van der Waals surface area contributed by atoms with E-state index in [1.807, 2.05) is 49.4 Å². The zero-order valence-electron chi connectivity index (χ0n) is 18.2. The van der Waals surface area contributed by atoms with Crippen LogP contribution in [0.15, 0.2) is 66.8 Å². The molecular formula is C25H33NO3. The lowest BCUT2D eigenvalue weighted by Gasteiger charge is -2.27. The van der Waals surface area contributed by atoms with E-state index in [4.69, 9.17) is 14.2 Å². The Hall–Kier alpha value is -2.72. The average molecular weight is 396 g/mol. The SMILES string of the molecule is CCO/C(=C/C=C/C(c1ccc(OC)cc1)N(CC)CC)c1ccc(OC)cc1. The van der Waals surface area contributed by atoms with Gasteiger partial charge in [0, 0.05) is 5.56 Å². The van der Waals surface area contributed by atoms with Gasteiger partial charge >= 0.3 is 0 Å². The number of allylic oxidation sites excluding steroid dienone is 2. The summed E-state index contributed by atoms with van der Waals surface area (Å²) in [5.74, 6) is 2.55. The molecule has 4 heteroatoms. The normalized spacial score (nSPS) is 13.0. The molecule has 2 aromatic carbocycles. The largest absolute Gasteiger partial charge is 0.497 e. The highest BCUT2D eigenvalue weighted by Crippen LogP contribution is 2.25. The standard InChI is InChI=1S/C25H33NO3/c1-6-26(7-2)24(20-12-16-22(27-4)17-13-20)10-9-11-25(29-8-3)21-14-18-23(28-5)19-15-21/h9-19,24H,6-8H2,1-5H3/b10-9+,25-11+. The van der Waals surface area contributed by atoms with Gasteiger partial charge < -0.3 is 14.2 Å². The summed E-state index contributed by atoms with van der Waals surface area (Å²) in [5.41, 5.74) is 2.27. The number of likely N-dealkylation sites (N-methyl/N-ethyl adjacent to an activating group) is 1. The van der Waals surface area contributed by atoms with Crippen LogP contribution in [-0.2, 0) is 4.74 Å². The highest BCUT2D eigenvalue weighted by molar-refractivity contribution is 5.62. The lowest BCUT2D eigenvalue weighted by atomic mass is 10.0. The monoisotopic (exact) mass is 395 g/mol. The van der Waals surface area contributed by atoms with Crippen molar-refractivity contribution in [2.75, 3.05) is 33.9 Å². The summed E-state index contributed by atoms with van der Waals surface area (Å²) in [6.07, 6.45) is 6.34. The molecule has 0 aliphatic heterocycles. The van der Waals surface area contributed by atoms with Crippen LogP contribution in [0.25, 0.3) is 5.76 Å². The molecule has 0 spiro atoms. The maximum atomic E-state index is 5.87. The van der Waals surface area contributed by atoms with Crippen molar-refractivity contribution in [2.45, 2.75) is 26.8 Å². The van der Waals surface area contributed by atoms with Gasteiger partial charge in [-0.25, -0.2) is 0 Å². The summed E-state index contributed by atoms with van der Waals surface area (Å²) >= 11 is 0. The van der Waals surface area contributed by atoms with Gasteiger partial charge in [-0.3, -0.25) is 4.90 Å². The second kappa shape index (κ2) is 12.0. The zero-order chi connectivity index (χ0) is 21.1. The van der Waals surface area contributed by atoms with E-state index in [0.29, 0.717) is 6.61 Å². The number of hydrogen-bond acceptors (Lipinski definition) is 4. The molecule has 2 rings (SSSR count). The zero-order valence-corrected chi connectivity index (χ0v) is 18.2. The van der Waals surface area contributed by atoms with Gasteiger partial charge in [-0.2, -0.15) is 0 Å². The molecule has 0 aromatic heterocycles. The first kappa shape index (κ1) is 22.6. The predicted molar refractivity (Wildman–Crippen MR) is 120 cm³/mol.